The molecule has 2 amide bonds. The Morgan fingerprint density at radius 1 is 1.42 bits per heavy atom. The van der Waals surface area contributed by atoms with Crippen LogP contribution in [0.2, 0.25) is 0 Å². The van der Waals surface area contributed by atoms with E-state index in [0.717, 1.165) is 24.1 Å². The molecule has 2 N–H and O–H groups in total. The lowest BCUT2D eigenvalue weighted by molar-refractivity contribution is 0.113. The smallest absolute Gasteiger partial charge is 0.317 e. The Labute approximate surface area is 142 Å². The van der Waals surface area contributed by atoms with Gasteiger partial charge < -0.3 is 19.9 Å². The van der Waals surface area contributed by atoms with E-state index in [0.29, 0.717) is 12.5 Å². The fourth-order valence-electron chi connectivity index (χ4n) is 2.72. The number of likely N-dealkylation sites (N-methyl/N-ethyl adjacent to an activating group) is 1. The van der Waals surface area contributed by atoms with E-state index in [2.05, 4.69) is 10.3 Å². The molecule has 3 rings (SSSR count). The second-order valence-electron chi connectivity index (χ2n) is 6.52. The summed E-state index contributed by atoms with van der Waals surface area (Å²) in [7, 11) is 1.72. The van der Waals surface area contributed by atoms with E-state index in [1.54, 1.807) is 24.5 Å². The van der Waals surface area contributed by atoms with E-state index < -0.39 is 6.10 Å². The molecule has 1 saturated carbocycles. The zero-order valence-corrected chi connectivity index (χ0v) is 14.1. The van der Waals surface area contributed by atoms with Crippen molar-refractivity contribution in [2.24, 2.45) is 5.92 Å². The fraction of sp³-hybridized carbons (Fsp3) is 0.444. The number of imidazole rings is 1. The predicted octanol–water partition coefficient (Wildman–Crippen LogP) is 2.35. The van der Waals surface area contributed by atoms with E-state index in [9.17, 15) is 9.90 Å². The molecular formula is C18H24N4O2. The number of nitrogens with zero attached hydrogens (tertiary/aromatic N) is 3. The Balaban J connectivity index is 1.55. The lowest BCUT2D eigenvalue weighted by atomic mass is 10.1. The van der Waals surface area contributed by atoms with Crippen LogP contribution in [-0.4, -0.2) is 45.3 Å². The number of aromatic nitrogens is 2. The molecule has 1 aromatic heterocycles. The van der Waals surface area contributed by atoms with Crippen LogP contribution >= 0.6 is 0 Å². The van der Waals surface area contributed by atoms with Crippen LogP contribution < -0.4 is 5.32 Å². The van der Waals surface area contributed by atoms with Gasteiger partial charge in [-0.05, 0) is 43.4 Å². The number of benzene rings is 1. The van der Waals surface area contributed by atoms with Gasteiger partial charge in [0.05, 0.1) is 18.5 Å². The van der Waals surface area contributed by atoms with Crippen molar-refractivity contribution in [3.63, 3.8) is 0 Å². The maximum absolute atomic E-state index is 12.3. The Hall–Kier alpha value is -2.34. The number of nitrogens with one attached hydrogen (secondary N) is 1. The Bertz CT molecular complexity index is 665. The van der Waals surface area contributed by atoms with Crippen LogP contribution in [-0.2, 0) is 0 Å². The molecule has 128 valence electrons. The molecule has 2 aromatic rings. The summed E-state index contributed by atoms with van der Waals surface area (Å²) < 4.78 is 1.93. The van der Waals surface area contributed by atoms with Crippen molar-refractivity contribution >= 4 is 6.03 Å². The second-order valence-corrected chi connectivity index (χ2v) is 6.52. The van der Waals surface area contributed by atoms with Crippen LogP contribution in [0, 0.1) is 5.92 Å². The van der Waals surface area contributed by atoms with Gasteiger partial charge in [-0.3, -0.25) is 0 Å². The fourth-order valence-corrected chi connectivity index (χ4v) is 2.72. The summed E-state index contributed by atoms with van der Waals surface area (Å²) in [6.07, 6.45) is 7.10. The number of carbonyl (C=O) groups is 1. The number of amides is 2. The van der Waals surface area contributed by atoms with Gasteiger partial charge in [-0.1, -0.05) is 12.1 Å². The van der Waals surface area contributed by atoms with Gasteiger partial charge >= 0.3 is 6.03 Å². The summed E-state index contributed by atoms with van der Waals surface area (Å²) in [5.74, 6) is 0.369. The second kappa shape index (κ2) is 7.05. The summed E-state index contributed by atoms with van der Waals surface area (Å²) >= 11 is 0. The van der Waals surface area contributed by atoms with Crippen LogP contribution in [0.25, 0.3) is 5.69 Å². The van der Waals surface area contributed by atoms with Gasteiger partial charge in [0, 0.05) is 31.7 Å². The molecule has 6 heteroatoms. The van der Waals surface area contributed by atoms with Crippen molar-refractivity contribution in [1.29, 1.82) is 0 Å². The van der Waals surface area contributed by atoms with E-state index in [1.165, 1.54) is 0 Å². The minimum Gasteiger partial charge on any atom is -0.391 e. The number of urea groups is 1. The van der Waals surface area contributed by atoms with Gasteiger partial charge in [-0.25, -0.2) is 9.78 Å². The van der Waals surface area contributed by atoms with Crippen molar-refractivity contribution in [1.82, 2.24) is 19.8 Å². The molecule has 0 bridgehead atoms. The van der Waals surface area contributed by atoms with Gasteiger partial charge in [-0.2, -0.15) is 0 Å². The molecule has 0 spiro atoms. The number of aliphatic hydroxyl groups excluding tert-OH is 1. The Kier molecular flexibility index (Phi) is 4.85. The number of hydrogen-bond donors (Lipinski definition) is 2. The predicted molar refractivity (Wildman–Crippen MR) is 91.9 cm³/mol. The van der Waals surface area contributed by atoms with Crippen LogP contribution in [0.15, 0.2) is 43.0 Å². The zero-order chi connectivity index (χ0) is 17.1. The summed E-state index contributed by atoms with van der Waals surface area (Å²) in [4.78, 5) is 17.8. The molecule has 0 radical (unpaired) electrons. The highest BCUT2D eigenvalue weighted by molar-refractivity contribution is 5.74. The first-order valence-corrected chi connectivity index (χ1v) is 8.32. The molecule has 24 heavy (non-hydrogen) atoms. The van der Waals surface area contributed by atoms with Crippen molar-refractivity contribution in [3.8, 4) is 5.69 Å². The van der Waals surface area contributed by atoms with Crippen molar-refractivity contribution in [2.45, 2.75) is 31.9 Å². The molecule has 1 aliphatic rings. The van der Waals surface area contributed by atoms with Gasteiger partial charge in [0.15, 0.2) is 0 Å². The number of hydrogen-bond acceptors (Lipinski definition) is 3. The minimum absolute atomic E-state index is 0.102. The molecule has 6 nitrogen and oxygen atoms in total. The van der Waals surface area contributed by atoms with Crippen LogP contribution in [0.1, 0.15) is 31.4 Å². The maximum Gasteiger partial charge on any atom is 0.317 e. The summed E-state index contributed by atoms with van der Waals surface area (Å²) in [6.45, 7) is 2.33. The van der Waals surface area contributed by atoms with Crippen LogP contribution in [0.5, 0.6) is 0 Å². The highest BCUT2D eigenvalue weighted by Crippen LogP contribution is 2.32. The van der Waals surface area contributed by atoms with E-state index in [-0.39, 0.29) is 12.1 Å². The molecule has 0 aliphatic heterocycles. The largest absolute Gasteiger partial charge is 0.391 e. The third-order valence-corrected chi connectivity index (χ3v) is 4.51. The molecule has 1 fully saturated rings. The SMILES string of the molecule is CC(NC(=O)N(C)CC(O)C1CC1)c1ccc(-n2ccnc2)cc1. The standard InChI is InChI=1S/C18H24N4O2/c1-13(20-18(24)21(2)11-17(23)15-3-4-15)14-5-7-16(8-6-14)22-10-9-19-12-22/h5-10,12-13,15,17,23H,3-4,11H2,1-2H3,(H,20,24). The summed E-state index contributed by atoms with van der Waals surface area (Å²) in [5, 5.41) is 12.9. The minimum atomic E-state index is -0.412. The van der Waals surface area contributed by atoms with Gasteiger partial charge in [0.2, 0.25) is 0 Å². The van der Waals surface area contributed by atoms with Gasteiger partial charge in [0.1, 0.15) is 0 Å². The first-order chi connectivity index (χ1) is 11.5. The van der Waals surface area contributed by atoms with Gasteiger partial charge in [-0.15, -0.1) is 0 Å². The summed E-state index contributed by atoms with van der Waals surface area (Å²) in [5.41, 5.74) is 2.06. The van der Waals surface area contributed by atoms with Gasteiger partial charge in [0.25, 0.3) is 0 Å². The van der Waals surface area contributed by atoms with E-state index >= 15 is 0 Å². The molecule has 2 atom stereocenters. The highest BCUT2D eigenvalue weighted by Gasteiger charge is 2.31. The van der Waals surface area contributed by atoms with Crippen molar-refractivity contribution in [3.05, 3.63) is 48.5 Å². The van der Waals surface area contributed by atoms with Crippen molar-refractivity contribution in [2.75, 3.05) is 13.6 Å². The lowest BCUT2D eigenvalue weighted by Gasteiger charge is -2.24. The Morgan fingerprint density at radius 2 is 2.12 bits per heavy atom. The lowest BCUT2D eigenvalue weighted by Crippen LogP contribution is -2.42. The third kappa shape index (κ3) is 3.94. The van der Waals surface area contributed by atoms with E-state index in [1.807, 2.05) is 42.0 Å². The number of carbonyl (C=O) groups excluding carboxylic acids is 1. The highest BCUT2D eigenvalue weighted by atomic mass is 16.3. The molecule has 2 unspecified atom stereocenters. The average Bonchev–Trinajstić information content (AvgIpc) is 3.29. The van der Waals surface area contributed by atoms with Crippen LogP contribution in [0.3, 0.4) is 0 Å². The molecule has 1 heterocycles. The zero-order valence-electron chi connectivity index (χ0n) is 14.1. The van der Waals surface area contributed by atoms with Crippen LogP contribution in [0.4, 0.5) is 4.79 Å². The molecule has 1 aromatic carbocycles. The number of aliphatic hydroxyl groups is 1. The third-order valence-electron chi connectivity index (χ3n) is 4.51. The van der Waals surface area contributed by atoms with Crippen molar-refractivity contribution < 1.29 is 9.90 Å². The molecule has 0 saturated heterocycles. The Morgan fingerprint density at radius 3 is 2.71 bits per heavy atom. The maximum atomic E-state index is 12.3. The summed E-state index contributed by atoms with van der Waals surface area (Å²) in [6, 6.07) is 7.73. The average molecular weight is 328 g/mol. The first-order valence-electron chi connectivity index (χ1n) is 8.32. The van der Waals surface area contributed by atoms with E-state index in [4.69, 9.17) is 0 Å². The number of rotatable bonds is 6. The topological polar surface area (TPSA) is 70.4 Å². The first kappa shape index (κ1) is 16.5. The monoisotopic (exact) mass is 328 g/mol. The molecule has 1 aliphatic carbocycles. The normalized spacial score (nSPS) is 16.5. The molecular weight excluding hydrogens is 304 g/mol. The quantitative estimate of drug-likeness (QED) is 0.855.